The van der Waals surface area contributed by atoms with E-state index in [4.69, 9.17) is 0 Å². The summed E-state index contributed by atoms with van der Waals surface area (Å²) in [6, 6.07) is 8.16. The minimum absolute atomic E-state index is 0.255. The molecule has 0 amide bonds. The summed E-state index contributed by atoms with van der Waals surface area (Å²) in [7, 11) is 0. The molecular weight excluding hydrogens is 434 g/mol. The molecule has 0 saturated heterocycles. The highest BCUT2D eigenvalue weighted by Gasteiger charge is 2.14. The van der Waals surface area contributed by atoms with E-state index in [1.54, 1.807) is 6.20 Å². The van der Waals surface area contributed by atoms with E-state index in [9.17, 15) is 4.79 Å². The molecule has 35 heavy (non-hydrogen) atoms. The topological polar surface area (TPSA) is 73.4 Å². The highest BCUT2D eigenvalue weighted by Crippen LogP contribution is 2.22. The number of aromatic nitrogens is 2. The Labute approximate surface area is 210 Å². The number of imidazole rings is 1. The Morgan fingerprint density at radius 1 is 1.03 bits per heavy atom. The van der Waals surface area contributed by atoms with E-state index in [1.807, 2.05) is 24.5 Å². The van der Waals surface area contributed by atoms with Crippen molar-refractivity contribution in [2.45, 2.75) is 77.3 Å². The number of carbonyl (C=O) groups is 1. The second-order valence-corrected chi connectivity index (χ2v) is 10.1. The molecule has 1 aromatic heterocycles. The number of benzene rings is 1. The minimum atomic E-state index is 0.255. The van der Waals surface area contributed by atoms with Crippen LogP contribution < -0.4 is 5.32 Å². The van der Waals surface area contributed by atoms with Crippen molar-refractivity contribution in [2.75, 3.05) is 19.6 Å². The zero-order valence-corrected chi connectivity index (χ0v) is 21.1. The highest BCUT2D eigenvalue weighted by atomic mass is 16.1. The fourth-order valence-corrected chi connectivity index (χ4v) is 5.14. The lowest BCUT2D eigenvalue weighted by atomic mass is 9.89. The molecule has 0 radical (unpaired) electrons. The molecule has 2 N–H and O–H groups in total. The van der Waals surface area contributed by atoms with Gasteiger partial charge in [0.15, 0.2) is 5.78 Å². The number of rotatable bonds is 15. The Morgan fingerprint density at radius 3 is 2.63 bits per heavy atom. The standard InChI is InChI=1S/C29H41N5O/c35-28(11-5-2-6-16-30-20-24-8-3-1-4-9-24)26-14-12-25(13-15-26)21-34(22-27-10-7-17-31-27)23-29-32-18-19-33-29/h7,12-15,17-19,24,30H,1-6,8-11,16,20-23H2,(H,32,33). The maximum absolute atomic E-state index is 12.7. The number of allylic oxidation sites excluding steroid dienone is 1. The summed E-state index contributed by atoms with van der Waals surface area (Å²) in [6.07, 6.45) is 19.5. The second-order valence-electron chi connectivity index (χ2n) is 10.1. The van der Waals surface area contributed by atoms with Gasteiger partial charge in [-0.15, -0.1) is 0 Å². The van der Waals surface area contributed by atoms with Gasteiger partial charge in [-0.3, -0.25) is 14.7 Å². The van der Waals surface area contributed by atoms with Gasteiger partial charge in [-0.2, -0.15) is 0 Å². The zero-order chi connectivity index (χ0) is 24.1. The molecule has 0 spiro atoms. The Hall–Kier alpha value is -2.57. The van der Waals surface area contributed by atoms with E-state index in [2.05, 4.69) is 43.4 Å². The van der Waals surface area contributed by atoms with Gasteiger partial charge < -0.3 is 10.3 Å². The fraction of sp³-hybridized carbons (Fsp3) is 0.552. The van der Waals surface area contributed by atoms with Gasteiger partial charge in [-0.05, 0) is 50.3 Å². The van der Waals surface area contributed by atoms with Crippen molar-refractivity contribution >= 4 is 11.5 Å². The Balaban J connectivity index is 1.16. The molecule has 2 aromatic rings. The number of nitrogens with one attached hydrogen (secondary N) is 2. The lowest BCUT2D eigenvalue weighted by Gasteiger charge is -2.21. The number of aromatic amines is 1. The number of hydrogen-bond acceptors (Lipinski definition) is 5. The predicted molar refractivity (Wildman–Crippen MR) is 143 cm³/mol. The molecule has 1 aliphatic carbocycles. The van der Waals surface area contributed by atoms with Crippen molar-refractivity contribution in [3.8, 4) is 0 Å². The normalized spacial score (nSPS) is 16.2. The van der Waals surface area contributed by atoms with Crippen LogP contribution in [0.4, 0.5) is 0 Å². The number of aliphatic imine (C=N–C) groups is 1. The van der Waals surface area contributed by atoms with Crippen LogP contribution >= 0.6 is 0 Å². The van der Waals surface area contributed by atoms with Crippen LogP contribution in [0.25, 0.3) is 0 Å². The summed E-state index contributed by atoms with van der Waals surface area (Å²) in [5.41, 5.74) is 3.20. The molecule has 0 unspecified atom stereocenters. The molecular formula is C29H41N5O. The van der Waals surface area contributed by atoms with Crippen LogP contribution in [-0.4, -0.2) is 46.0 Å². The summed E-state index contributed by atoms with van der Waals surface area (Å²) >= 11 is 0. The quantitative estimate of drug-likeness (QED) is 0.257. The average Bonchev–Trinajstić information content (AvgIpc) is 3.59. The van der Waals surface area contributed by atoms with Gasteiger partial charge in [0.05, 0.1) is 6.54 Å². The Bertz CT molecular complexity index is 942. The van der Waals surface area contributed by atoms with Crippen molar-refractivity contribution in [1.29, 1.82) is 0 Å². The van der Waals surface area contributed by atoms with E-state index in [0.29, 0.717) is 6.42 Å². The highest BCUT2D eigenvalue weighted by molar-refractivity contribution is 5.96. The maximum Gasteiger partial charge on any atom is 0.162 e. The van der Waals surface area contributed by atoms with Gasteiger partial charge in [0.2, 0.25) is 0 Å². The van der Waals surface area contributed by atoms with Gasteiger partial charge in [-0.25, -0.2) is 4.98 Å². The lowest BCUT2D eigenvalue weighted by molar-refractivity contribution is 0.0979. The van der Waals surface area contributed by atoms with Gasteiger partial charge in [0.25, 0.3) is 0 Å². The monoisotopic (exact) mass is 475 g/mol. The van der Waals surface area contributed by atoms with Crippen LogP contribution in [0.3, 0.4) is 0 Å². The first-order valence-corrected chi connectivity index (χ1v) is 13.5. The van der Waals surface area contributed by atoms with E-state index in [-0.39, 0.29) is 5.78 Å². The zero-order valence-electron chi connectivity index (χ0n) is 21.1. The summed E-state index contributed by atoms with van der Waals surface area (Å²) in [5, 5.41) is 3.63. The average molecular weight is 476 g/mol. The predicted octanol–water partition coefficient (Wildman–Crippen LogP) is 5.68. The Morgan fingerprint density at radius 2 is 1.89 bits per heavy atom. The van der Waals surface area contributed by atoms with E-state index in [1.165, 1.54) is 49.9 Å². The lowest BCUT2D eigenvalue weighted by Crippen LogP contribution is -2.29. The van der Waals surface area contributed by atoms with Gasteiger partial charge in [-0.1, -0.05) is 56.0 Å². The van der Waals surface area contributed by atoms with Gasteiger partial charge >= 0.3 is 0 Å². The number of carbonyl (C=O) groups excluding carboxylic acids is 1. The number of ketones is 1. The van der Waals surface area contributed by atoms with Crippen molar-refractivity contribution in [3.05, 3.63) is 65.9 Å². The second kappa shape index (κ2) is 14.1. The van der Waals surface area contributed by atoms with Crippen LogP contribution in [0.15, 0.2) is 53.9 Å². The maximum atomic E-state index is 12.7. The van der Waals surface area contributed by atoms with Crippen LogP contribution in [0, 0.1) is 5.92 Å². The first kappa shape index (κ1) is 25.5. The molecule has 1 fully saturated rings. The molecule has 4 rings (SSSR count). The molecule has 1 aromatic carbocycles. The van der Waals surface area contributed by atoms with Crippen LogP contribution in [-0.2, 0) is 13.1 Å². The molecule has 0 atom stereocenters. The van der Waals surface area contributed by atoms with Crippen LogP contribution in [0.1, 0.15) is 86.0 Å². The number of Topliss-reactive ketones (excluding diaryl/α,β-unsaturated/α-hetero) is 1. The number of unbranched alkanes of at least 4 members (excludes halogenated alkanes) is 2. The fourth-order valence-electron chi connectivity index (χ4n) is 5.14. The van der Waals surface area contributed by atoms with Gasteiger partial charge in [0, 0.05) is 55.8 Å². The summed E-state index contributed by atoms with van der Waals surface area (Å²) in [6.45, 7) is 4.60. The summed E-state index contributed by atoms with van der Waals surface area (Å²) in [5.74, 6) is 2.09. The van der Waals surface area contributed by atoms with Crippen LogP contribution in [0.5, 0.6) is 0 Å². The first-order valence-electron chi connectivity index (χ1n) is 13.5. The third-order valence-electron chi connectivity index (χ3n) is 7.15. The molecule has 0 bridgehead atoms. The SMILES string of the molecule is O=C(CCCCCNCC1CCCCC1)c1ccc(CN(CC2=NC=CC2)Cc2ncc[nH]2)cc1. The summed E-state index contributed by atoms with van der Waals surface area (Å²) < 4.78 is 0. The van der Waals surface area contributed by atoms with Crippen molar-refractivity contribution in [3.63, 3.8) is 0 Å². The Kier molecular flexibility index (Phi) is 10.3. The molecule has 188 valence electrons. The van der Waals surface area contributed by atoms with Gasteiger partial charge in [0.1, 0.15) is 5.82 Å². The largest absolute Gasteiger partial charge is 0.348 e. The molecule has 1 aliphatic heterocycles. The van der Waals surface area contributed by atoms with Crippen LogP contribution in [0.2, 0.25) is 0 Å². The van der Waals surface area contributed by atoms with E-state index in [0.717, 1.165) is 69.2 Å². The minimum Gasteiger partial charge on any atom is -0.348 e. The number of hydrogen-bond donors (Lipinski definition) is 2. The molecule has 6 heteroatoms. The molecule has 6 nitrogen and oxygen atoms in total. The smallest absolute Gasteiger partial charge is 0.162 e. The number of H-pyrrole nitrogens is 1. The molecule has 2 heterocycles. The number of nitrogens with zero attached hydrogens (tertiary/aromatic N) is 3. The summed E-state index contributed by atoms with van der Waals surface area (Å²) in [4.78, 5) is 27.0. The van der Waals surface area contributed by atoms with Crippen molar-refractivity contribution in [1.82, 2.24) is 20.2 Å². The van der Waals surface area contributed by atoms with E-state index >= 15 is 0 Å². The van der Waals surface area contributed by atoms with E-state index < -0.39 is 0 Å². The van der Waals surface area contributed by atoms with Crippen molar-refractivity contribution < 1.29 is 4.79 Å². The molecule has 2 aliphatic rings. The first-order chi connectivity index (χ1) is 17.3. The van der Waals surface area contributed by atoms with Crippen molar-refractivity contribution in [2.24, 2.45) is 10.9 Å². The molecule has 1 saturated carbocycles. The third-order valence-corrected chi connectivity index (χ3v) is 7.15. The third kappa shape index (κ3) is 8.86.